The van der Waals surface area contributed by atoms with E-state index in [1.807, 2.05) is 26.8 Å². The van der Waals surface area contributed by atoms with Crippen LogP contribution in [0.25, 0.3) is 0 Å². The van der Waals surface area contributed by atoms with Gasteiger partial charge < -0.3 is 24.6 Å². The number of halogens is 1. The Kier molecular flexibility index (Phi) is 23.1. The van der Waals surface area contributed by atoms with Gasteiger partial charge in [0.1, 0.15) is 0 Å². The van der Waals surface area contributed by atoms with Crippen molar-refractivity contribution < 1.29 is 77.5 Å². The van der Waals surface area contributed by atoms with E-state index in [9.17, 15) is 25.3 Å². The summed E-state index contributed by atoms with van der Waals surface area (Å²) < 4.78 is 82.9. The number of carbonyl (C=O) groups excluding carboxylic acids is 1. The molecule has 62 heavy (non-hydrogen) atoms. The third-order valence-corrected chi connectivity index (χ3v) is 13.9. The Labute approximate surface area is 387 Å². The van der Waals surface area contributed by atoms with Crippen molar-refractivity contribution in [1.82, 2.24) is 11.9 Å². The third kappa shape index (κ3) is 16.2. The van der Waals surface area contributed by atoms with Crippen LogP contribution >= 0.6 is 15.9 Å². The second-order valence-electron chi connectivity index (χ2n) is 13.2. The van der Waals surface area contributed by atoms with Crippen molar-refractivity contribution in [3.05, 3.63) is 162 Å². The molecule has 0 aliphatic rings. The number of hydrogen-bond donors (Lipinski definition) is 3. The summed E-state index contributed by atoms with van der Waals surface area (Å²) in [6, 6.07) is 25.6. The SMILES string of the molecule is Cc1ccc(S(=O)(=O)n2ccc(CCBr)c2)cc1.Cc1ccc(S(=O)(=O)n2ccc(CCO)c2)cc1.Cc1ccc(S(=O)(=O)n2ccc(CCOCCO)c2)cc1.O=[C-]OO.[Ag+]. The van der Waals surface area contributed by atoms with E-state index < -0.39 is 30.1 Å². The van der Waals surface area contributed by atoms with Gasteiger partial charge in [0.2, 0.25) is 0 Å². The monoisotopic (exact) mass is 1070 g/mol. The molecule has 20 heteroatoms. The molecule has 0 atom stereocenters. The molecule has 0 spiro atoms. The first-order valence-electron chi connectivity index (χ1n) is 18.5. The predicted molar refractivity (Wildman–Crippen MR) is 234 cm³/mol. The summed E-state index contributed by atoms with van der Waals surface area (Å²) in [5.41, 5.74) is 5.76. The van der Waals surface area contributed by atoms with E-state index in [-0.39, 0.29) is 45.4 Å². The van der Waals surface area contributed by atoms with E-state index in [0.717, 1.165) is 51.6 Å². The van der Waals surface area contributed by atoms with Crippen LogP contribution in [0, 0.1) is 20.8 Å². The van der Waals surface area contributed by atoms with E-state index in [4.69, 9.17) is 25.0 Å². The van der Waals surface area contributed by atoms with E-state index >= 15 is 0 Å². The molecule has 0 radical (unpaired) electrons. The van der Waals surface area contributed by atoms with Gasteiger partial charge in [-0.15, -0.1) is 0 Å². The molecule has 3 heterocycles. The maximum absolute atomic E-state index is 12.4. The number of alkyl halides is 1. The predicted octanol–water partition coefficient (Wildman–Crippen LogP) is 5.66. The number of nitrogens with zero attached hydrogens (tertiary/aromatic N) is 3. The van der Waals surface area contributed by atoms with Gasteiger partial charge in [-0.25, -0.2) is 42.4 Å². The molecule has 0 amide bonds. The standard InChI is InChI=1S/C15H19NO4S.C13H14BrNO2S.C13H15NO3S.CHO3.Ag/c1-13-2-4-15(5-3-13)21(18,19)16-8-6-14(12-16)7-10-20-11-9-17;1-11-2-4-13(5-3-11)18(16,17)15-9-7-12(10-15)6-8-14;1-11-2-4-13(5-3-11)18(16,17)14-8-6-12(10-14)7-9-15;2-1-4-3;/h2-6,8,12,17H,7,9-11H2,1H3;2-5,7,9-10H,6,8H2,1H3;2-6,8,10,15H,7,9H2,1H3;3H;/q;;;-1;+1. The molecule has 0 bridgehead atoms. The Morgan fingerprint density at radius 3 is 1.15 bits per heavy atom. The minimum absolute atomic E-state index is 0. The first-order valence-corrected chi connectivity index (χ1v) is 24.0. The normalized spacial score (nSPS) is 11.1. The first kappa shape index (κ1) is 54.0. The summed E-state index contributed by atoms with van der Waals surface area (Å²) >= 11 is 3.34. The van der Waals surface area contributed by atoms with Crippen molar-refractivity contribution in [2.75, 3.05) is 31.8 Å². The third-order valence-electron chi connectivity index (χ3n) is 8.57. The Hall–Kier alpha value is -4.12. The van der Waals surface area contributed by atoms with Crippen molar-refractivity contribution in [1.29, 1.82) is 0 Å². The van der Waals surface area contributed by atoms with Crippen LogP contribution in [-0.2, 0) is 86.1 Å². The molecule has 3 aromatic heterocycles. The summed E-state index contributed by atoms with van der Waals surface area (Å²) in [4.78, 5) is 12.2. The Bertz CT molecular complexity index is 2460. The van der Waals surface area contributed by atoms with E-state index in [2.05, 4.69) is 20.8 Å². The number of rotatable bonds is 16. The number of aliphatic hydroxyl groups is 2. The molecule has 0 saturated carbocycles. The Morgan fingerprint density at radius 2 is 0.855 bits per heavy atom. The molecule has 0 aliphatic heterocycles. The minimum atomic E-state index is -3.53. The van der Waals surface area contributed by atoms with Crippen LogP contribution in [0.15, 0.2) is 143 Å². The molecule has 3 N–H and O–H groups in total. The molecular weight excluding hydrogens is 1020 g/mol. The fourth-order valence-corrected chi connectivity index (χ4v) is 9.35. The number of aromatic nitrogens is 3. The molecule has 0 aliphatic carbocycles. The van der Waals surface area contributed by atoms with Gasteiger partial charge in [0.15, 0.2) is 0 Å². The van der Waals surface area contributed by atoms with Gasteiger partial charge in [0, 0.05) is 49.1 Å². The molecule has 3 aromatic carbocycles. The summed E-state index contributed by atoms with van der Waals surface area (Å²) in [7, 11) is -10.5. The second-order valence-corrected chi connectivity index (χ2v) is 19.5. The molecule has 340 valence electrons. The van der Waals surface area contributed by atoms with Crippen LogP contribution in [0.5, 0.6) is 0 Å². The zero-order valence-corrected chi connectivity index (χ0v) is 39.6. The molecule has 6 aromatic rings. The average Bonchev–Trinajstić information content (AvgIpc) is 4.04. The zero-order chi connectivity index (χ0) is 45.1. The molecule has 0 fully saturated rings. The minimum Gasteiger partial charge on any atom is -0.509 e. The number of aryl methyl sites for hydroxylation is 4. The number of aliphatic hydroxyl groups excluding tert-OH is 2. The molecule has 6 rings (SSSR count). The summed E-state index contributed by atoms with van der Waals surface area (Å²) in [5.74, 6) is 0. The van der Waals surface area contributed by atoms with E-state index in [1.54, 1.807) is 104 Å². The van der Waals surface area contributed by atoms with Crippen LogP contribution in [0.1, 0.15) is 33.4 Å². The van der Waals surface area contributed by atoms with Crippen molar-refractivity contribution in [2.45, 2.75) is 54.7 Å². The van der Waals surface area contributed by atoms with Crippen molar-refractivity contribution in [2.24, 2.45) is 0 Å². The topological polar surface area (TPSA) is 213 Å². The van der Waals surface area contributed by atoms with Crippen LogP contribution in [0.2, 0.25) is 0 Å². The average molecular weight is 1070 g/mol. The van der Waals surface area contributed by atoms with Crippen LogP contribution < -0.4 is 0 Å². The summed E-state index contributed by atoms with van der Waals surface area (Å²) in [6.07, 6.45) is 11.3. The van der Waals surface area contributed by atoms with Gasteiger partial charge in [0.05, 0.1) is 34.5 Å². The van der Waals surface area contributed by atoms with Crippen LogP contribution in [-0.4, -0.2) is 90.9 Å². The maximum atomic E-state index is 12.4. The molecule has 0 unspecified atom stereocenters. The van der Waals surface area contributed by atoms with Gasteiger partial charge in [0.25, 0.3) is 30.1 Å². The van der Waals surface area contributed by atoms with Gasteiger partial charge in [-0.2, -0.15) is 0 Å². The van der Waals surface area contributed by atoms with Crippen molar-refractivity contribution in [3.8, 4) is 0 Å². The second kappa shape index (κ2) is 26.5. The fraction of sp³-hybridized carbons (Fsp3) is 0.262. The van der Waals surface area contributed by atoms with E-state index in [0.29, 0.717) is 31.0 Å². The smallest absolute Gasteiger partial charge is 0.509 e. The van der Waals surface area contributed by atoms with E-state index in [1.165, 1.54) is 30.5 Å². The quantitative estimate of drug-likeness (QED) is 0.0268. The van der Waals surface area contributed by atoms with Gasteiger partial charge in [-0.1, -0.05) is 69.0 Å². The van der Waals surface area contributed by atoms with Gasteiger partial charge in [-0.3, -0.25) is 0 Å². The molecule has 0 saturated heterocycles. The summed E-state index contributed by atoms with van der Waals surface area (Å²) in [5, 5.41) is 25.2. The van der Waals surface area contributed by atoms with Gasteiger partial charge in [-0.05, 0) is 118 Å². The van der Waals surface area contributed by atoms with Gasteiger partial charge >= 0.3 is 22.4 Å². The largest absolute Gasteiger partial charge is 1.00 e. The Balaban J connectivity index is 0.000000305. The first-order chi connectivity index (χ1) is 29.0. The zero-order valence-electron chi connectivity index (χ0n) is 34.0. The molecule has 15 nitrogen and oxygen atoms in total. The number of benzene rings is 3. The Morgan fingerprint density at radius 1 is 0.532 bits per heavy atom. The molecular formula is C42H49AgBrN3O12S3. The maximum Gasteiger partial charge on any atom is 1.00 e. The van der Waals surface area contributed by atoms with Crippen molar-refractivity contribution >= 4 is 52.5 Å². The van der Waals surface area contributed by atoms with Crippen LogP contribution in [0.4, 0.5) is 0 Å². The fourth-order valence-electron chi connectivity index (χ4n) is 5.24. The summed E-state index contributed by atoms with van der Waals surface area (Å²) in [6.45, 7) is 7.23. The van der Waals surface area contributed by atoms with Crippen LogP contribution in [0.3, 0.4) is 0 Å². The van der Waals surface area contributed by atoms with Crippen molar-refractivity contribution in [3.63, 3.8) is 0 Å². The number of hydrogen-bond acceptors (Lipinski definition) is 12. The number of ether oxygens (including phenoxy) is 1.